The van der Waals surface area contributed by atoms with Crippen LogP contribution in [0.15, 0.2) is 0 Å². The normalized spacial score (nSPS) is 12.5. The average Bonchev–Trinajstić information content (AvgIpc) is 2.45. The molecule has 0 bridgehead atoms. The Morgan fingerprint density at radius 2 is 1.08 bits per heavy atom. The minimum atomic E-state index is -1.21. The number of hydrogen-bond donors (Lipinski definition) is 0. The summed E-state index contributed by atoms with van der Waals surface area (Å²) >= 11 is 0. The Bertz CT molecular complexity index is 270. The molecule has 0 aromatic carbocycles. The van der Waals surface area contributed by atoms with Gasteiger partial charge in [-0.1, -0.05) is 103 Å². The van der Waals surface area contributed by atoms with Gasteiger partial charge in [0.15, 0.2) is 0 Å². The van der Waals surface area contributed by atoms with E-state index >= 15 is 0 Å². The Balaban J connectivity index is -0.000000418. The van der Waals surface area contributed by atoms with Crippen molar-refractivity contribution >= 4 is 8.24 Å². The van der Waals surface area contributed by atoms with Gasteiger partial charge in [-0.15, -0.1) is 17.6 Å². The smallest absolute Gasteiger partial charge is 0.663 e. The van der Waals surface area contributed by atoms with Crippen LogP contribution in [0.1, 0.15) is 76.2 Å². The molecule has 0 aromatic heterocycles. The third kappa shape index (κ3) is 17.8. The molecule has 0 aromatic rings. The number of nitrogens with zero attached hydrogens (tertiary/aromatic N) is 3. The fraction of sp³-hybridized carbons (Fsp3) is 1.00. The van der Waals surface area contributed by atoms with Gasteiger partial charge < -0.3 is 15.2 Å². The molecule has 0 spiro atoms. The maximum Gasteiger partial charge on any atom is 3.00 e. The van der Waals surface area contributed by atoms with E-state index in [1.54, 1.807) is 0 Å². The molecule has 0 saturated heterocycles. The van der Waals surface area contributed by atoms with Crippen molar-refractivity contribution in [3.63, 3.8) is 0 Å². The Labute approximate surface area is 171 Å². The Hall–Kier alpha value is 0.603. The Kier molecular flexibility index (Phi) is 17.8. The maximum atomic E-state index is 5.04. The molecule has 0 unspecified atom stereocenters. The minimum absolute atomic E-state index is 0. The van der Waals surface area contributed by atoms with E-state index in [1.807, 2.05) is 0 Å². The first-order valence-corrected chi connectivity index (χ1v) is 12.6. The number of likely N-dealkylation sites (N-methyl/N-ethyl adjacent to an activating group) is 1. The van der Waals surface area contributed by atoms with Crippen molar-refractivity contribution in [1.29, 1.82) is 0 Å². The van der Waals surface area contributed by atoms with Crippen molar-refractivity contribution in [1.82, 2.24) is 4.90 Å². The molecule has 0 radical (unpaired) electrons. The second-order valence-electron chi connectivity index (χ2n) is 8.65. The first-order valence-electron chi connectivity index (χ1n) is 10.0. The molecule has 0 heterocycles. The van der Waals surface area contributed by atoms with Crippen LogP contribution in [0.3, 0.4) is 0 Å². The molecule has 0 N–H and O–H groups in total. The van der Waals surface area contributed by atoms with Crippen LogP contribution in [0.4, 0.5) is 0 Å². The van der Waals surface area contributed by atoms with Crippen LogP contribution >= 0.6 is 0 Å². The quantitative estimate of drug-likeness (QED) is 0.387. The van der Waals surface area contributed by atoms with Crippen molar-refractivity contribution in [2.75, 3.05) is 26.2 Å². The van der Waals surface area contributed by atoms with Crippen molar-refractivity contribution in [3.05, 3.63) is 10.3 Å². The second kappa shape index (κ2) is 14.6. The molecule has 5 heteroatoms. The van der Waals surface area contributed by atoms with E-state index < -0.39 is 8.24 Å². The van der Waals surface area contributed by atoms with Crippen LogP contribution in [-0.4, -0.2) is 50.4 Å². The summed E-state index contributed by atoms with van der Waals surface area (Å²) in [7, 11) is -1.21. The third-order valence-corrected chi connectivity index (χ3v) is 9.25. The molecule has 0 saturated carbocycles. The fourth-order valence-corrected chi connectivity index (χ4v) is 5.81. The van der Waals surface area contributed by atoms with Crippen molar-refractivity contribution < 1.29 is 16.8 Å². The van der Waals surface area contributed by atoms with Crippen molar-refractivity contribution in [3.8, 4) is 0 Å². The van der Waals surface area contributed by atoms with Gasteiger partial charge in [-0.2, -0.15) is 0 Å². The summed E-state index contributed by atoms with van der Waals surface area (Å²) in [5, 5.41) is 4.54. The maximum absolute atomic E-state index is 5.04. The largest absolute Gasteiger partial charge is 3.00 e. The van der Waals surface area contributed by atoms with Gasteiger partial charge >= 0.3 is 16.8 Å². The molecule has 3 nitrogen and oxygen atoms in total. The molecule has 0 aliphatic heterocycles. The van der Waals surface area contributed by atoms with Crippen LogP contribution in [0.2, 0.25) is 18.1 Å². The molecule has 0 aliphatic rings. The summed E-state index contributed by atoms with van der Waals surface area (Å²) in [5.41, 5.74) is 0.219. The first-order chi connectivity index (χ1) is 10.9. The molecule has 0 fully saturated rings. The van der Waals surface area contributed by atoms with Crippen LogP contribution < -0.4 is 0 Å². The summed E-state index contributed by atoms with van der Waals surface area (Å²) in [4.78, 5) is 7.51. The van der Waals surface area contributed by atoms with Crippen LogP contribution in [-0.2, 0) is 16.8 Å². The Morgan fingerprint density at radius 1 is 0.720 bits per heavy atom. The van der Waals surface area contributed by atoms with E-state index in [9.17, 15) is 0 Å². The Morgan fingerprint density at radius 3 is 1.28 bits per heavy atom. The molecule has 0 rings (SSSR count). The zero-order chi connectivity index (χ0) is 19.4. The number of rotatable bonds is 9. The molecule has 154 valence electrons. The summed E-state index contributed by atoms with van der Waals surface area (Å²) in [6.45, 7) is 28.7. The van der Waals surface area contributed by atoms with E-state index in [4.69, 9.17) is 4.98 Å². The molecule has 0 amide bonds. The van der Waals surface area contributed by atoms with Crippen molar-refractivity contribution in [2.45, 2.75) is 105 Å². The van der Waals surface area contributed by atoms with Gasteiger partial charge in [0.25, 0.3) is 0 Å². The summed E-state index contributed by atoms with van der Waals surface area (Å²) in [6.07, 6.45) is 0. The first kappa shape index (κ1) is 30.3. The van der Waals surface area contributed by atoms with Crippen LogP contribution in [0.25, 0.3) is 10.3 Å². The van der Waals surface area contributed by atoms with Gasteiger partial charge in [0, 0.05) is 0 Å². The summed E-state index contributed by atoms with van der Waals surface area (Å²) in [5.74, 6) is 0. The topological polar surface area (TPSA) is 31.4 Å². The van der Waals surface area contributed by atoms with Crippen molar-refractivity contribution in [2.24, 2.45) is 0 Å². The van der Waals surface area contributed by atoms with Gasteiger partial charge in [0.2, 0.25) is 0 Å². The summed E-state index contributed by atoms with van der Waals surface area (Å²) in [6, 6.07) is 3.95. The van der Waals surface area contributed by atoms with Gasteiger partial charge in [0.1, 0.15) is 0 Å². The predicted octanol–water partition coefficient (Wildman–Crippen LogP) is 6.66. The van der Waals surface area contributed by atoms with E-state index in [2.05, 4.69) is 86.4 Å². The van der Waals surface area contributed by atoms with E-state index in [-0.39, 0.29) is 27.9 Å². The molecular weight excluding hydrogens is 369 g/mol. The van der Waals surface area contributed by atoms with Gasteiger partial charge in [-0.05, 0) is 19.6 Å². The van der Waals surface area contributed by atoms with E-state index in [0.717, 1.165) is 26.2 Å². The average molecular weight is 417 g/mol. The fourth-order valence-electron chi connectivity index (χ4n) is 3.06. The van der Waals surface area contributed by atoms with Crippen LogP contribution in [0, 0.1) is 0 Å². The minimum Gasteiger partial charge on any atom is -0.663 e. The molecule has 25 heavy (non-hydrogen) atoms. The van der Waals surface area contributed by atoms with E-state index in [0.29, 0.717) is 0 Å². The van der Waals surface area contributed by atoms with Gasteiger partial charge in [-0.3, -0.25) is 0 Å². The molecule has 0 aliphatic carbocycles. The summed E-state index contributed by atoms with van der Waals surface area (Å²) < 4.78 is 0. The second-order valence-corrected chi connectivity index (χ2v) is 13.5. The number of hydrogen-bond acceptors (Lipinski definition) is 1. The third-order valence-electron chi connectivity index (χ3n) is 4.40. The SMILES string of the molecule is CC(C)(C)[N-]C(C)(C)C.CCN(CC)CC[N-][Si](CC)(CC)CC.[Co+3]. The van der Waals surface area contributed by atoms with Crippen LogP contribution in [0.5, 0.6) is 0 Å². The predicted molar refractivity (Wildman–Crippen MR) is 116 cm³/mol. The standard InChI is InChI=1S/C12H29N2Si.C8H18N.Co/c1-6-14(7-2)12-11-13-15(8-3,9-4)10-5;1-7(2,3)9-8(4,5)6;/h6-12H2,1-5H3;1-6H3;/q2*-1;+3. The van der Waals surface area contributed by atoms with E-state index in [1.165, 1.54) is 18.1 Å². The monoisotopic (exact) mass is 416 g/mol. The van der Waals surface area contributed by atoms with Gasteiger partial charge in [-0.25, -0.2) is 0 Å². The zero-order valence-corrected chi connectivity index (χ0v) is 21.2. The molecular formula is C20H47CoN3Si+. The van der Waals surface area contributed by atoms with Gasteiger partial charge in [0.05, 0.1) is 0 Å². The zero-order valence-electron chi connectivity index (χ0n) is 19.1. The molecule has 0 atom stereocenters.